The number of aryl methyl sites for hydroxylation is 1. The molecule has 0 aliphatic rings. The average Bonchev–Trinajstić information content (AvgIpc) is 2.90. The van der Waals surface area contributed by atoms with E-state index in [0.29, 0.717) is 22.1 Å². The van der Waals surface area contributed by atoms with Gasteiger partial charge in [-0.15, -0.1) is 0 Å². The predicted octanol–water partition coefficient (Wildman–Crippen LogP) is 4.42. The van der Waals surface area contributed by atoms with E-state index in [4.69, 9.17) is 11.6 Å². The van der Waals surface area contributed by atoms with Crippen LogP contribution in [0.25, 0.3) is 0 Å². The second-order valence-electron chi connectivity index (χ2n) is 5.49. The van der Waals surface area contributed by atoms with Crippen molar-refractivity contribution < 1.29 is 13.6 Å². The number of hydrogen-bond acceptors (Lipinski definition) is 2. The zero-order valence-corrected chi connectivity index (χ0v) is 14.0. The zero-order chi connectivity index (χ0) is 18.0. The molecule has 1 amide bonds. The molecule has 2 aromatic carbocycles. The molecule has 0 fully saturated rings. The lowest BCUT2D eigenvalue weighted by atomic mass is 10.2. The van der Waals surface area contributed by atoms with E-state index in [9.17, 15) is 13.6 Å². The van der Waals surface area contributed by atoms with E-state index < -0.39 is 17.5 Å². The minimum Gasteiger partial charge on any atom is -0.305 e. The Morgan fingerprint density at radius 3 is 2.68 bits per heavy atom. The Morgan fingerprint density at radius 2 is 1.96 bits per heavy atom. The molecule has 7 heteroatoms. The summed E-state index contributed by atoms with van der Waals surface area (Å²) in [4.78, 5) is 12.1. The Labute approximate surface area is 148 Å². The van der Waals surface area contributed by atoms with Crippen molar-refractivity contribution in [3.05, 3.63) is 82.0 Å². The molecule has 25 heavy (non-hydrogen) atoms. The second kappa shape index (κ2) is 7.03. The largest absolute Gasteiger partial charge is 0.305 e. The van der Waals surface area contributed by atoms with Crippen LogP contribution in [0.3, 0.4) is 0 Å². The molecule has 0 spiro atoms. The van der Waals surface area contributed by atoms with E-state index in [2.05, 4.69) is 10.4 Å². The third kappa shape index (κ3) is 3.85. The lowest BCUT2D eigenvalue weighted by Gasteiger charge is -2.07. The first-order chi connectivity index (χ1) is 11.9. The molecule has 1 heterocycles. The minimum absolute atomic E-state index is 0.132. The minimum atomic E-state index is -0.497. The highest BCUT2D eigenvalue weighted by Gasteiger charge is 2.13. The highest BCUT2D eigenvalue weighted by Crippen LogP contribution is 2.21. The maximum atomic E-state index is 13.9. The van der Waals surface area contributed by atoms with Gasteiger partial charge >= 0.3 is 0 Å². The summed E-state index contributed by atoms with van der Waals surface area (Å²) in [6.07, 6.45) is 0. The number of rotatable bonds is 4. The van der Waals surface area contributed by atoms with Crippen molar-refractivity contribution in [2.24, 2.45) is 0 Å². The summed E-state index contributed by atoms with van der Waals surface area (Å²) in [5.41, 5.74) is 1.22. The Kier molecular flexibility index (Phi) is 4.81. The van der Waals surface area contributed by atoms with Gasteiger partial charge in [0.05, 0.1) is 6.54 Å². The molecule has 4 nitrogen and oxygen atoms in total. The molecule has 1 aromatic heterocycles. The standard InChI is InChI=1S/C18H14ClF2N3O/c1-11-8-17(22-18(25)12-4-2-5-13(20)9-12)23-24(11)10-14-15(19)6-3-7-16(14)21/h2-9H,10H2,1H3,(H,22,23,25). The topological polar surface area (TPSA) is 46.9 Å². The Bertz CT molecular complexity index is 920. The van der Waals surface area contributed by atoms with E-state index in [1.807, 2.05) is 0 Å². The van der Waals surface area contributed by atoms with Crippen LogP contribution in [0.1, 0.15) is 21.6 Å². The molecule has 0 saturated carbocycles. The fourth-order valence-electron chi connectivity index (χ4n) is 2.38. The highest BCUT2D eigenvalue weighted by atomic mass is 35.5. The fraction of sp³-hybridized carbons (Fsp3) is 0.111. The van der Waals surface area contributed by atoms with Crippen molar-refractivity contribution in [3.8, 4) is 0 Å². The molecule has 0 aliphatic carbocycles. The molecule has 0 aliphatic heterocycles. The van der Waals surface area contributed by atoms with Gasteiger partial charge in [0.25, 0.3) is 5.91 Å². The highest BCUT2D eigenvalue weighted by molar-refractivity contribution is 6.31. The number of anilines is 1. The summed E-state index contributed by atoms with van der Waals surface area (Å²) >= 11 is 6.03. The molecule has 0 saturated heterocycles. The molecule has 0 unspecified atom stereocenters. The maximum absolute atomic E-state index is 13.9. The molecule has 0 atom stereocenters. The smallest absolute Gasteiger partial charge is 0.256 e. The van der Waals surface area contributed by atoms with Crippen molar-refractivity contribution in [3.63, 3.8) is 0 Å². The third-order valence-electron chi connectivity index (χ3n) is 3.68. The third-order valence-corrected chi connectivity index (χ3v) is 4.03. The van der Waals surface area contributed by atoms with Crippen molar-refractivity contribution in [2.45, 2.75) is 13.5 Å². The fourth-order valence-corrected chi connectivity index (χ4v) is 2.61. The molecular formula is C18H14ClF2N3O. The van der Waals surface area contributed by atoms with Gasteiger partial charge in [-0.1, -0.05) is 23.7 Å². The number of benzene rings is 2. The lowest BCUT2D eigenvalue weighted by molar-refractivity contribution is 0.102. The SMILES string of the molecule is Cc1cc(NC(=O)c2cccc(F)c2)nn1Cc1c(F)cccc1Cl. The van der Waals surface area contributed by atoms with Crippen LogP contribution in [0.4, 0.5) is 14.6 Å². The van der Waals surface area contributed by atoms with Crippen LogP contribution in [-0.4, -0.2) is 15.7 Å². The van der Waals surface area contributed by atoms with Crippen LogP contribution in [0.5, 0.6) is 0 Å². The monoisotopic (exact) mass is 361 g/mol. The van der Waals surface area contributed by atoms with Gasteiger partial charge < -0.3 is 5.32 Å². The Hall–Kier alpha value is -2.73. The van der Waals surface area contributed by atoms with Gasteiger partial charge in [-0.3, -0.25) is 9.48 Å². The zero-order valence-electron chi connectivity index (χ0n) is 13.3. The molecule has 0 bridgehead atoms. The Morgan fingerprint density at radius 1 is 1.20 bits per heavy atom. The number of aromatic nitrogens is 2. The van der Waals surface area contributed by atoms with Gasteiger partial charge in [0.15, 0.2) is 5.82 Å². The number of nitrogens with one attached hydrogen (secondary N) is 1. The molecule has 0 radical (unpaired) electrons. The van der Waals surface area contributed by atoms with Crippen molar-refractivity contribution in [1.29, 1.82) is 0 Å². The molecule has 3 aromatic rings. The number of carbonyl (C=O) groups is 1. The first-order valence-corrected chi connectivity index (χ1v) is 7.86. The number of hydrogen-bond donors (Lipinski definition) is 1. The lowest BCUT2D eigenvalue weighted by Crippen LogP contribution is -2.13. The van der Waals surface area contributed by atoms with Crippen LogP contribution >= 0.6 is 11.6 Å². The first-order valence-electron chi connectivity index (χ1n) is 7.48. The second-order valence-corrected chi connectivity index (χ2v) is 5.90. The predicted molar refractivity (Wildman–Crippen MR) is 91.8 cm³/mol. The summed E-state index contributed by atoms with van der Waals surface area (Å²) < 4.78 is 28.7. The van der Waals surface area contributed by atoms with E-state index in [-0.39, 0.29) is 12.1 Å². The van der Waals surface area contributed by atoms with Crippen molar-refractivity contribution in [1.82, 2.24) is 9.78 Å². The van der Waals surface area contributed by atoms with Crippen LogP contribution in [0.2, 0.25) is 5.02 Å². The quantitative estimate of drug-likeness (QED) is 0.747. The van der Waals surface area contributed by atoms with Gasteiger partial charge in [0.1, 0.15) is 11.6 Å². The molecule has 128 valence electrons. The van der Waals surface area contributed by atoms with Gasteiger partial charge in [-0.25, -0.2) is 8.78 Å². The van der Waals surface area contributed by atoms with Gasteiger partial charge in [-0.2, -0.15) is 5.10 Å². The summed E-state index contributed by atoms with van der Waals surface area (Å²) in [6, 6.07) is 11.5. The van der Waals surface area contributed by atoms with Crippen LogP contribution in [0.15, 0.2) is 48.5 Å². The van der Waals surface area contributed by atoms with Gasteiger partial charge in [0, 0.05) is 27.9 Å². The normalized spacial score (nSPS) is 10.7. The van der Waals surface area contributed by atoms with E-state index in [0.717, 1.165) is 6.07 Å². The number of amides is 1. The van der Waals surface area contributed by atoms with E-state index in [1.165, 1.54) is 35.0 Å². The number of nitrogens with zero attached hydrogens (tertiary/aromatic N) is 2. The maximum Gasteiger partial charge on any atom is 0.256 e. The van der Waals surface area contributed by atoms with E-state index >= 15 is 0 Å². The van der Waals surface area contributed by atoms with E-state index in [1.54, 1.807) is 19.1 Å². The van der Waals surface area contributed by atoms with Crippen LogP contribution < -0.4 is 5.32 Å². The summed E-state index contributed by atoms with van der Waals surface area (Å²) in [5.74, 6) is -1.11. The molecule has 1 N–H and O–H groups in total. The first kappa shape index (κ1) is 17.1. The number of carbonyl (C=O) groups excluding carboxylic acids is 1. The Balaban J connectivity index is 1.80. The van der Waals surface area contributed by atoms with Crippen molar-refractivity contribution in [2.75, 3.05) is 5.32 Å². The number of halogens is 3. The molecular weight excluding hydrogens is 348 g/mol. The van der Waals surface area contributed by atoms with Gasteiger partial charge in [0.2, 0.25) is 0 Å². The van der Waals surface area contributed by atoms with Crippen molar-refractivity contribution >= 4 is 23.3 Å². The summed E-state index contributed by atoms with van der Waals surface area (Å²) in [7, 11) is 0. The van der Waals surface area contributed by atoms with Gasteiger partial charge in [-0.05, 0) is 37.3 Å². The average molecular weight is 362 g/mol. The van der Waals surface area contributed by atoms with Crippen LogP contribution in [0, 0.1) is 18.6 Å². The summed E-state index contributed by atoms with van der Waals surface area (Å²) in [6.45, 7) is 1.91. The molecule has 3 rings (SSSR count). The van der Waals surface area contributed by atoms with Crippen LogP contribution in [-0.2, 0) is 6.54 Å². The summed E-state index contributed by atoms with van der Waals surface area (Å²) in [5, 5.41) is 7.14.